The third-order valence-electron chi connectivity index (χ3n) is 4.57. The van der Waals surface area contributed by atoms with Crippen LogP contribution in [0, 0.1) is 0 Å². The molecular formula is C22H24N2O2. The third kappa shape index (κ3) is 3.86. The molecule has 0 fully saturated rings. The van der Waals surface area contributed by atoms with Gasteiger partial charge in [0, 0.05) is 11.8 Å². The highest BCUT2D eigenvalue weighted by molar-refractivity contribution is 6.02. The number of phenolic OH excluding ortho intramolecular Hbond substituents is 1. The molecule has 3 aromatic carbocycles. The molecule has 4 nitrogen and oxygen atoms in total. The van der Waals surface area contributed by atoms with E-state index in [-0.39, 0.29) is 11.8 Å². The zero-order valence-electron chi connectivity index (χ0n) is 15.4. The second-order valence-corrected chi connectivity index (χ2v) is 6.47. The van der Waals surface area contributed by atoms with Crippen molar-refractivity contribution in [2.24, 2.45) is 4.99 Å². The number of rotatable bonds is 6. The van der Waals surface area contributed by atoms with Gasteiger partial charge in [-0.1, -0.05) is 42.5 Å². The Hall–Kier alpha value is -2.85. The Balaban J connectivity index is 1.84. The fraction of sp³-hybridized carbons (Fsp3) is 0.227. The molecule has 0 aliphatic carbocycles. The maximum atomic E-state index is 10.2. The van der Waals surface area contributed by atoms with E-state index in [1.54, 1.807) is 19.4 Å². The number of hydrogen-bond acceptors (Lipinski definition) is 4. The van der Waals surface area contributed by atoms with Crippen LogP contribution in [0.25, 0.3) is 10.8 Å². The molecule has 0 saturated carbocycles. The first-order chi connectivity index (χ1) is 12.6. The van der Waals surface area contributed by atoms with Crippen LogP contribution < -0.4 is 4.74 Å². The molecule has 3 aromatic rings. The van der Waals surface area contributed by atoms with Crippen molar-refractivity contribution < 1.29 is 9.84 Å². The SMILES string of the molecule is COc1ccc([C@@H](CN=Cc2c(O)ccc3ccccc23)N(C)C)cc1. The normalized spacial score (nSPS) is 12.8. The number of phenols is 1. The number of nitrogens with zero attached hydrogens (tertiary/aromatic N) is 2. The molecule has 1 N–H and O–H groups in total. The molecule has 0 amide bonds. The summed E-state index contributed by atoms with van der Waals surface area (Å²) in [5, 5.41) is 12.3. The Bertz CT molecular complexity index is 902. The molecule has 134 valence electrons. The number of methoxy groups -OCH3 is 1. The average Bonchev–Trinajstić information content (AvgIpc) is 2.66. The van der Waals surface area contributed by atoms with Gasteiger partial charge in [0.2, 0.25) is 0 Å². The quantitative estimate of drug-likeness (QED) is 0.677. The largest absolute Gasteiger partial charge is 0.507 e. The minimum Gasteiger partial charge on any atom is -0.507 e. The van der Waals surface area contributed by atoms with Gasteiger partial charge >= 0.3 is 0 Å². The summed E-state index contributed by atoms with van der Waals surface area (Å²) in [5.74, 6) is 1.09. The van der Waals surface area contributed by atoms with Gasteiger partial charge in [-0.25, -0.2) is 0 Å². The molecular weight excluding hydrogens is 324 g/mol. The Kier molecular flexibility index (Phi) is 5.54. The topological polar surface area (TPSA) is 45.1 Å². The molecule has 26 heavy (non-hydrogen) atoms. The van der Waals surface area contributed by atoms with Gasteiger partial charge in [-0.3, -0.25) is 4.99 Å². The second-order valence-electron chi connectivity index (χ2n) is 6.47. The van der Waals surface area contributed by atoms with Crippen LogP contribution >= 0.6 is 0 Å². The maximum absolute atomic E-state index is 10.2. The lowest BCUT2D eigenvalue weighted by atomic mass is 10.0. The van der Waals surface area contributed by atoms with Crippen molar-refractivity contribution in [2.75, 3.05) is 27.7 Å². The first-order valence-corrected chi connectivity index (χ1v) is 8.61. The number of fused-ring (bicyclic) bond motifs is 1. The van der Waals surface area contributed by atoms with Crippen LogP contribution in [-0.2, 0) is 0 Å². The van der Waals surface area contributed by atoms with Crippen molar-refractivity contribution in [3.8, 4) is 11.5 Å². The van der Waals surface area contributed by atoms with Gasteiger partial charge in [0.25, 0.3) is 0 Å². The highest BCUT2D eigenvalue weighted by Crippen LogP contribution is 2.26. The highest BCUT2D eigenvalue weighted by Gasteiger charge is 2.13. The smallest absolute Gasteiger partial charge is 0.124 e. The molecule has 0 spiro atoms. The van der Waals surface area contributed by atoms with Crippen LogP contribution in [0.3, 0.4) is 0 Å². The first kappa shape index (κ1) is 18.0. The zero-order valence-corrected chi connectivity index (χ0v) is 15.4. The first-order valence-electron chi connectivity index (χ1n) is 8.61. The van der Waals surface area contributed by atoms with Crippen molar-refractivity contribution in [3.05, 3.63) is 71.8 Å². The highest BCUT2D eigenvalue weighted by atomic mass is 16.5. The monoisotopic (exact) mass is 348 g/mol. The van der Waals surface area contributed by atoms with Crippen LogP contribution in [0.5, 0.6) is 11.5 Å². The van der Waals surface area contributed by atoms with E-state index in [4.69, 9.17) is 4.74 Å². The van der Waals surface area contributed by atoms with Crippen LogP contribution in [0.2, 0.25) is 0 Å². The molecule has 4 heteroatoms. The minimum atomic E-state index is 0.147. The summed E-state index contributed by atoms with van der Waals surface area (Å²) >= 11 is 0. The maximum Gasteiger partial charge on any atom is 0.124 e. The second kappa shape index (κ2) is 8.02. The van der Waals surface area contributed by atoms with Crippen molar-refractivity contribution >= 4 is 17.0 Å². The fourth-order valence-electron chi connectivity index (χ4n) is 3.06. The van der Waals surface area contributed by atoms with E-state index in [1.807, 2.05) is 56.6 Å². The van der Waals surface area contributed by atoms with Gasteiger partial charge in [-0.15, -0.1) is 0 Å². The fourth-order valence-corrected chi connectivity index (χ4v) is 3.06. The predicted octanol–water partition coefficient (Wildman–Crippen LogP) is 4.28. The van der Waals surface area contributed by atoms with Gasteiger partial charge in [-0.2, -0.15) is 0 Å². The van der Waals surface area contributed by atoms with Crippen molar-refractivity contribution in [3.63, 3.8) is 0 Å². The van der Waals surface area contributed by atoms with E-state index in [9.17, 15) is 5.11 Å². The molecule has 0 unspecified atom stereocenters. The standard InChI is InChI=1S/C22H24N2O2/c1-24(2)21(17-8-11-18(26-3)12-9-17)15-23-14-20-19-7-5-4-6-16(19)10-13-22(20)25/h4-14,21,25H,15H2,1-3H3/t21-/m1/s1. The van der Waals surface area contributed by atoms with E-state index in [0.717, 1.165) is 22.1 Å². The van der Waals surface area contributed by atoms with Gasteiger partial charge in [0.1, 0.15) is 11.5 Å². The van der Waals surface area contributed by atoms with E-state index in [1.165, 1.54) is 5.56 Å². The molecule has 0 aliphatic rings. The lowest BCUT2D eigenvalue weighted by Gasteiger charge is -2.23. The van der Waals surface area contributed by atoms with Crippen LogP contribution in [-0.4, -0.2) is 44.0 Å². The number of likely N-dealkylation sites (N-methyl/N-ethyl adjacent to an activating group) is 1. The van der Waals surface area contributed by atoms with Gasteiger partial charge < -0.3 is 14.7 Å². The summed E-state index contributed by atoms with van der Waals surface area (Å²) in [6, 6.07) is 19.8. The van der Waals surface area contributed by atoms with Gasteiger partial charge in [-0.05, 0) is 48.6 Å². The summed E-state index contributed by atoms with van der Waals surface area (Å²) in [7, 11) is 5.75. The number of benzene rings is 3. The summed E-state index contributed by atoms with van der Waals surface area (Å²) in [6.07, 6.45) is 1.78. The molecule has 3 rings (SSSR count). The van der Waals surface area contributed by atoms with E-state index < -0.39 is 0 Å². The summed E-state index contributed by atoms with van der Waals surface area (Å²) < 4.78 is 5.23. The lowest BCUT2D eigenvalue weighted by Crippen LogP contribution is -2.22. The third-order valence-corrected chi connectivity index (χ3v) is 4.57. The van der Waals surface area contributed by atoms with Crippen molar-refractivity contribution in [2.45, 2.75) is 6.04 Å². The molecule has 0 aliphatic heterocycles. The molecule has 1 atom stereocenters. The van der Waals surface area contributed by atoms with Crippen LogP contribution in [0.1, 0.15) is 17.2 Å². The van der Waals surface area contributed by atoms with Gasteiger partial charge in [0.05, 0.1) is 19.7 Å². The molecule has 0 bridgehead atoms. The van der Waals surface area contributed by atoms with E-state index in [2.05, 4.69) is 22.0 Å². The van der Waals surface area contributed by atoms with Gasteiger partial charge in [0.15, 0.2) is 0 Å². The number of aromatic hydroxyl groups is 1. The average molecular weight is 348 g/mol. The predicted molar refractivity (Wildman–Crippen MR) is 107 cm³/mol. The Morgan fingerprint density at radius 2 is 1.77 bits per heavy atom. The van der Waals surface area contributed by atoms with Crippen molar-refractivity contribution in [1.29, 1.82) is 0 Å². The van der Waals surface area contributed by atoms with E-state index >= 15 is 0 Å². The Labute approximate surface area is 154 Å². The molecule has 0 saturated heterocycles. The van der Waals surface area contributed by atoms with Crippen molar-refractivity contribution in [1.82, 2.24) is 4.90 Å². The molecule has 0 heterocycles. The summed E-state index contributed by atoms with van der Waals surface area (Å²) in [4.78, 5) is 6.78. The lowest BCUT2D eigenvalue weighted by molar-refractivity contribution is 0.306. The van der Waals surface area contributed by atoms with Crippen LogP contribution in [0.4, 0.5) is 0 Å². The number of aliphatic imine (C=N–C) groups is 1. The number of ether oxygens (including phenoxy) is 1. The Morgan fingerprint density at radius 1 is 1.04 bits per heavy atom. The molecule has 0 aromatic heterocycles. The van der Waals surface area contributed by atoms with E-state index in [0.29, 0.717) is 6.54 Å². The minimum absolute atomic E-state index is 0.147. The number of hydrogen-bond donors (Lipinski definition) is 1. The Morgan fingerprint density at radius 3 is 2.46 bits per heavy atom. The summed E-state index contributed by atoms with van der Waals surface area (Å²) in [6.45, 7) is 0.599. The van der Waals surface area contributed by atoms with Crippen LogP contribution in [0.15, 0.2) is 65.7 Å². The summed E-state index contributed by atoms with van der Waals surface area (Å²) in [5.41, 5.74) is 1.94. The zero-order chi connectivity index (χ0) is 18.5. The molecule has 0 radical (unpaired) electrons.